The molecule has 5 nitrogen and oxygen atoms in total. The lowest BCUT2D eigenvalue weighted by atomic mass is 10.1. The number of pyridine rings is 1. The highest BCUT2D eigenvalue weighted by Crippen LogP contribution is 2.25. The first-order valence-corrected chi connectivity index (χ1v) is 6.89. The van der Waals surface area contributed by atoms with E-state index in [1.807, 2.05) is 18.7 Å². The van der Waals surface area contributed by atoms with E-state index in [2.05, 4.69) is 18.8 Å². The Labute approximate surface area is 120 Å². The van der Waals surface area contributed by atoms with Crippen molar-refractivity contribution in [3.05, 3.63) is 22.9 Å². The topological polar surface area (TPSA) is 62.7 Å². The number of carboxylic acids is 1. The number of hydrogen-bond acceptors (Lipinski definition) is 4. The molecular formula is C15H24N2O3. The Balaban J connectivity index is 3.33. The van der Waals surface area contributed by atoms with Crippen molar-refractivity contribution in [2.45, 2.75) is 40.2 Å². The third-order valence-electron chi connectivity index (χ3n) is 3.47. The summed E-state index contributed by atoms with van der Waals surface area (Å²) in [5.41, 5.74) is 1.85. The van der Waals surface area contributed by atoms with Crippen molar-refractivity contribution in [2.24, 2.45) is 0 Å². The number of carbonyl (C=O) groups is 1. The summed E-state index contributed by atoms with van der Waals surface area (Å²) in [6.07, 6.45) is 0.914. The molecule has 0 aliphatic heterocycles. The van der Waals surface area contributed by atoms with Crippen molar-refractivity contribution in [2.75, 3.05) is 25.2 Å². The molecule has 0 saturated heterocycles. The summed E-state index contributed by atoms with van der Waals surface area (Å²) in [6.45, 7) is 9.01. The predicted octanol–water partition coefficient (Wildman–Crippen LogP) is 2.65. The molecule has 1 unspecified atom stereocenters. The van der Waals surface area contributed by atoms with E-state index >= 15 is 0 Å². The molecule has 0 spiro atoms. The van der Waals surface area contributed by atoms with Gasteiger partial charge in [0.05, 0.1) is 6.61 Å². The normalized spacial score (nSPS) is 12.2. The van der Waals surface area contributed by atoms with Crippen LogP contribution in [0.15, 0.2) is 6.07 Å². The van der Waals surface area contributed by atoms with Gasteiger partial charge in [0.2, 0.25) is 0 Å². The molecule has 1 heterocycles. The van der Waals surface area contributed by atoms with Crippen LogP contribution in [-0.2, 0) is 4.74 Å². The van der Waals surface area contributed by atoms with Crippen LogP contribution in [0.2, 0.25) is 0 Å². The van der Waals surface area contributed by atoms with Crippen molar-refractivity contribution in [1.29, 1.82) is 0 Å². The SMILES string of the molecule is CCC(C)N(CCOC)c1nc(C)cc(C)c1C(=O)O. The molecule has 0 radical (unpaired) electrons. The fourth-order valence-electron chi connectivity index (χ4n) is 2.23. The molecule has 1 N–H and O–H groups in total. The number of carboxylic acid groups (broad SMARTS) is 1. The monoisotopic (exact) mass is 280 g/mol. The van der Waals surface area contributed by atoms with Crippen LogP contribution in [0.3, 0.4) is 0 Å². The molecule has 0 fully saturated rings. The second kappa shape index (κ2) is 7.24. The van der Waals surface area contributed by atoms with Crippen molar-refractivity contribution in [3.63, 3.8) is 0 Å². The molecule has 112 valence electrons. The Hall–Kier alpha value is -1.62. The highest BCUT2D eigenvalue weighted by Gasteiger charge is 2.23. The molecule has 0 amide bonds. The van der Waals surface area contributed by atoms with Gasteiger partial charge < -0.3 is 14.7 Å². The van der Waals surface area contributed by atoms with Crippen LogP contribution in [0.5, 0.6) is 0 Å². The summed E-state index contributed by atoms with van der Waals surface area (Å²) in [5, 5.41) is 9.47. The van der Waals surface area contributed by atoms with E-state index in [0.29, 0.717) is 19.0 Å². The number of anilines is 1. The number of aromatic carboxylic acids is 1. The molecule has 0 saturated carbocycles. The van der Waals surface area contributed by atoms with E-state index in [0.717, 1.165) is 17.7 Å². The van der Waals surface area contributed by atoms with Crippen LogP contribution >= 0.6 is 0 Å². The van der Waals surface area contributed by atoms with Gasteiger partial charge in [-0.25, -0.2) is 9.78 Å². The molecular weight excluding hydrogens is 256 g/mol. The van der Waals surface area contributed by atoms with E-state index in [1.165, 1.54) is 0 Å². The minimum absolute atomic E-state index is 0.206. The first kappa shape index (κ1) is 16.4. The zero-order valence-corrected chi connectivity index (χ0v) is 12.9. The van der Waals surface area contributed by atoms with Crippen molar-refractivity contribution < 1.29 is 14.6 Å². The number of ether oxygens (including phenoxy) is 1. The zero-order valence-electron chi connectivity index (χ0n) is 12.9. The zero-order chi connectivity index (χ0) is 15.3. The van der Waals surface area contributed by atoms with Crippen LogP contribution < -0.4 is 4.90 Å². The Morgan fingerprint density at radius 3 is 2.65 bits per heavy atom. The molecule has 5 heteroatoms. The highest BCUT2D eigenvalue weighted by molar-refractivity contribution is 5.95. The quantitative estimate of drug-likeness (QED) is 0.832. The van der Waals surface area contributed by atoms with Gasteiger partial charge in [0, 0.05) is 25.4 Å². The lowest BCUT2D eigenvalue weighted by molar-refractivity contribution is 0.0696. The Kier molecular flexibility index (Phi) is 5.95. The van der Waals surface area contributed by atoms with E-state index in [9.17, 15) is 9.90 Å². The fourth-order valence-corrected chi connectivity index (χ4v) is 2.23. The summed E-state index contributed by atoms with van der Waals surface area (Å²) in [6, 6.07) is 2.01. The molecule has 1 rings (SSSR count). The number of aromatic nitrogens is 1. The van der Waals surface area contributed by atoms with Crippen molar-refractivity contribution >= 4 is 11.8 Å². The van der Waals surface area contributed by atoms with Crippen molar-refractivity contribution in [1.82, 2.24) is 4.98 Å². The Morgan fingerprint density at radius 2 is 2.15 bits per heavy atom. The lowest BCUT2D eigenvalue weighted by Crippen LogP contribution is -2.37. The number of rotatable bonds is 7. The summed E-state index contributed by atoms with van der Waals surface area (Å²) in [7, 11) is 1.64. The van der Waals surface area contributed by atoms with Crippen LogP contribution in [0, 0.1) is 13.8 Å². The molecule has 1 aromatic rings. The number of nitrogens with zero attached hydrogens (tertiary/aromatic N) is 2. The smallest absolute Gasteiger partial charge is 0.339 e. The standard InChI is InChI=1S/C15H24N2O3/c1-6-12(4)17(7-8-20-5)14-13(15(18)19)10(2)9-11(3)16-14/h9,12H,6-8H2,1-5H3,(H,18,19). The molecule has 20 heavy (non-hydrogen) atoms. The van der Waals surface area contributed by atoms with Gasteiger partial charge in [0.15, 0.2) is 0 Å². The number of aryl methyl sites for hydroxylation is 2. The van der Waals surface area contributed by atoms with E-state index < -0.39 is 5.97 Å². The lowest BCUT2D eigenvalue weighted by Gasteiger charge is -2.31. The van der Waals surface area contributed by atoms with Gasteiger partial charge in [-0.3, -0.25) is 0 Å². The van der Waals surface area contributed by atoms with Crippen LogP contribution in [0.1, 0.15) is 41.9 Å². The van der Waals surface area contributed by atoms with Gasteiger partial charge >= 0.3 is 5.97 Å². The summed E-state index contributed by atoms with van der Waals surface area (Å²) in [4.78, 5) is 18.0. The minimum Gasteiger partial charge on any atom is -0.478 e. The van der Waals surface area contributed by atoms with E-state index in [1.54, 1.807) is 13.2 Å². The summed E-state index contributed by atoms with van der Waals surface area (Å²) < 4.78 is 5.13. The molecule has 1 aromatic heterocycles. The van der Waals surface area contributed by atoms with Gasteiger partial charge in [-0.15, -0.1) is 0 Å². The van der Waals surface area contributed by atoms with Crippen LogP contribution in [-0.4, -0.2) is 42.4 Å². The second-order valence-corrected chi connectivity index (χ2v) is 5.03. The van der Waals surface area contributed by atoms with Gasteiger partial charge in [-0.05, 0) is 38.8 Å². The van der Waals surface area contributed by atoms with Crippen molar-refractivity contribution in [3.8, 4) is 0 Å². The Bertz CT molecular complexity index is 474. The summed E-state index contributed by atoms with van der Waals surface area (Å²) in [5.74, 6) is -0.392. The first-order chi connectivity index (χ1) is 9.42. The third kappa shape index (κ3) is 3.70. The third-order valence-corrected chi connectivity index (χ3v) is 3.47. The van der Waals surface area contributed by atoms with E-state index in [4.69, 9.17) is 4.74 Å². The molecule has 0 aliphatic rings. The highest BCUT2D eigenvalue weighted by atomic mass is 16.5. The predicted molar refractivity (Wildman–Crippen MR) is 79.6 cm³/mol. The summed E-state index contributed by atoms with van der Waals surface area (Å²) >= 11 is 0. The van der Waals surface area contributed by atoms with Gasteiger partial charge in [0.1, 0.15) is 11.4 Å². The Morgan fingerprint density at radius 1 is 1.50 bits per heavy atom. The molecule has 0 bridgehead atoms. The average Bonchev–Trinajstić information content (AvgIpc) is 2.37. The fraction of sp³-hybridized carbons (Fsp3) is 0.600. The maximum absolute atomic E-state index is 11.5. The van der Waals surface area contributed by atoms with Gasteiger partial charge in [-0.1, -0.05) is 6.92 Å². The molecule has 0 aliphatic carbocycles. The van der Waals surface area contributed by atoms with Gasteiger partial charge in [-0.2, -0.15) is 0 Å². The average molecular weight is 280 g/mol. The maximum atomic E-state index is 11.5. The maximum Gasteiger partial charge on any atom is 0.339 e. The molecule has 0 aromatic carbocycles. The molecule has 1 atom stereocenters. The second-order valence-electron chi connectivity index (χ2n) is 5.03. The number of methoxy groups -OCH3 is 1. The van der Waals surface area contributed by atoms with Crippen LogP contribution in [0.4, 0.5) is 5.82 Å². The number of hydrogen-bond donors (Lipinski definition) is 1. The first-order valence-electron chi connectivity index (χ1n) is 6.89. The van der Waals surface area contributed by atoms with E-state index in [-0.39, 0.29) is 11.6 Å². The largest absolute Gasteiger partial charge is 0.478 e. The van der Waals surface area contributed by atoms with Crippen LogP contribution in [0.25, 0.3) is 0 Å². The minimum atomic E-state index is -0.935. The van der Waals surface area contributed by atoms with Gasteiger partial charge in [0.25, 0.3) is 0 Å².